The van der Waals surface area contributed by atoms with Crippen LogP contribution in [0.3, 0.4) is 0 Å². The lowest BCUT2D eigenvalue weighted by atomic mass is 10.1. The van der Waals surface area contributed by atoms with Crippen molar-refractivity contribution in [3.8, 4) is 0 Å². The molecule has 9 nitrogen and oxygen atoms in total. The highest BCUT2D eigenvalue weighted by atomic mass is 16.5. The van der Waals surface area contributed by atoms with Gasteiger partial charge in [-0.05, 0) is 32.2 Å². The third-order valence-electron chi connectivity index (χ3n) is 2.68. The molecule has 0 aromatic rings. The Bertz CT molecular complexity index is 336. The Morgan fingerprint density at radius 3 is 2.15 bits per heavy atom. The van der Waals surface area contributed by atoms with E-state index in [2.05, 4.69) is 5.32 Å². The van der Waals surface area contributed by atoms with E-state index in [9.17, 15) is 14.4 Å². The van der Waals surface area contributed by atoms with Crippen LogP contribution in [0.15, 0.2) is 0 Å². The number of amides is 1. The molecule has 0 rings (SSSR count). The van der Waals surface area contributed by atoms with Crippen molar-refractivity contribution in [1.29, 1.82) is 0 Å². The van der Waals surface area contributed by atoms with Crippen LogP contribution in [0.25, 0.3) is 0 Å². The van der Waals surface area contributed by atoms with Gasteiger partial charge >= 0.3 is 11.9 Å². The summed E-state index contributed by atoms with van der Waals surface area (Å²) in [5.74, 6) is -3.06. The highest BCUT2D eigenvalue weighted by Crippen LogP contribution is 2.03. The van der Waals surface area contributed by atoms with Crippen molar-refractivity contribution in [3.63, 3.8) is 0 Å². The number of hydrogen-bond donors (Lipinski definition) is 6. The molecule has 20 heavy (non-hydrogen) atoms. The zero-order valence-corrected chi connectivity index (χ0v) is 11.0. The second-order valence-electron chi connectivity index (χ2n) is 4.30. The van der Waals surface area contributed by atoms with Crippen LogP contribution >= 0.6 is 0 Å². The molecular formula is C11H21N3O6. The number of carboxylic acids is 2. The van der Waals surface area contributed by atoms with Crippen LogP contribution in [0.1, 0.15) is 32.1 Å². The zero-order valence-electron chi connectivity index (χ0n) is 11.0. The quantitative estimate of drug-likeness (QED) is 0.206. The minimum Gasteiger partial charge on any atom is -0.481 e. The zero-order chi connectivity index (χ0) is 15.5. The molecule has 116 valence electrons. The van der Waals surface area contributed by atoms with Crippen molar-refractivity contribution in [1.82, 2.24) is 10.8 Å². The molecule has 0 aromatic heterocycles. The van der Waals surface area contributed by atoms with Gasteiger partial charge in [0, 0.05) is 6.42 Å². The second kappa shape index (κ2) is 10.1. The fraction of sp³-hybridized carbons (Fsp3) is 0.727. The number of unbranched alkanes of at least 4 members (excludes halogenated alkanes) is 1. The molecule has 0 saturated heterocycles. The molecular weight excluding hydrogens is 270 g/mol. The first-order valence-electron chi connectivity index (χ1n) is 6.27. The van der Waals surface area contributed by atoms with Crippen molar-refractivity contribution in [2.24, 2.45) is 5.73 Å². The van der Waals surface area contributed by atoms with E-state index in [1.165, 1.54) is 0 Å². The Morgan fingerprint density at radius 2 is 1.70 bits per heavy atom. The molecule has 9 heteroatoms. The summed E-state index contributed by atoms with van der Waals surface area (Å²) in [4.78, 5) is 33.1. The molecule has 2 atom stereocenters. The molecule has 1 amide bonds. The van der Waals surface area contributed by atoms with Crippen molar-refractivity contribution < 1.29 is 29.8 Å². The smallest absolute Gasteiger partial charge is 0.326 e. The van der Waals surface area contributed by atoms with Crippen molar-refractivity contribution in [2.75, 3.05) is 6.54 Å². The van der Waals surface area contributed by atoms with Crippen LogP contribution < -0.4 is 16.5 Å². The molecule has 0 saturated carbocycles. The molecule has 0 aliphatic heterocycles. The van der Waals surface area contributed by atoms with Crippen molar-refractivity contribution >= 4 is 17.8 Å². The Labute approximate surface area is 116 Å². The lowest BCUT2D eigenvalue weighted by molar-refractivity contribution is -0.143. The highest BCUT2D eigenvalue weighted by Gasteiger charge is 2.25. The van der Waals surface area contributed by atoms with E-state index in [1.54, 1.807) is 5.48 Å². The number of carbonyl (C=O) groups is 3. The molecule has 0 heterocycles. The van der Waals surface area contributed by atoms with Crippen LogP contribution in [-0.4, -0.2) is 51.9 Å². The first-order valence-corrected chi connectivity index (χ1v) is 6.27. The lowest BCUT2D eigenvalue weighted by Gasteiger charge is -2.18. The Kier molecular flexibility index (Phi) is 9.26. The Hall–Kier alpha value is -1.71. The summed E-state index contributed by atoms with van der Waals surface area (Å²) in [5, 5.41) is 28.5. The third-order valence-corrected chi connectivity index (χ3v) is 2.68. The van der Waals surface area contributed by atoms with Gasteiger partial charge in [0.25, 0.3) is 0 Å². The van der Waals surface area contributed by atoms with Crippen molar-refractivity contribution in [2.45, 2.75) is 44.2 Å². The summed E-state index contributed by atoms with van der Waals surface area (Å²) < 4.78 is 0. The van der Waals surface area contributed by atoms with Gasteiger partial charge in [0.1, 0.15) is 12.1 Å². The first kappa shape index (κ1) is 18.3. The predicted molar refractivity (Wildman–Crippen MR) is 68.1 cm³/mol. The van der Waals surface area contributed by atoms with Gasteiger partial charge in [-0.3, -0.25) is 9.59 Å². The number of aliphatic carboxylic acids is 2. The normalized spacial score (nSPS) is 13.5. The average molecular weight is 291 g/mol. The number of carboxylic acid groups (broad SMARTS) is 2. The minimum atomic E-state index is -1.19. The fourth-order valence-corrected chi connectivity index (χ4v) is 1.54. The van der Waals surface area contributed by atoms with Gasteiger partial charge in [0.15, 0.2) is 0 Å². The monoisotopic (exact) mass is 291 g/mol. The molecule has 0 radical (unpaired) electrons. The predicted octanol–water partition coefficient (Wildman–Crippen LogP) is -1.10. The fourth-order valence-electron chi connectivity index (χ4n) is 1.54. The topological polar surface area (TPSA) is 162 Å². The van der Waals surface area contributed by atoms with Crippen LogP contribution in [0.4, 0.5) is 0 Å². The summed E-state index contributed by atoms with van der Waals surface area (Å²) in [5.41, 5.74) is 6.98. The summed E-state index contributed by atoms with van der Waals surface area (Å²) in [7, 11) is 0. The molecule has 0 aromatic carbocycles. The summed E-state index contributed by atoms with van der Waals surface area (Å²) in [6.45, 7) is 0.430. The Morgan fingerprint density at radius 1 is 1.05 bits per heavy atom. The first-order chi connectivity index (χ1) is 9.42. The number of carbonyl (C=O) groups excluding carboxylic acids is 1. The van der Waals surface area contributed by atoms with Crippen LogP contribution in [-0.2, 0) is 14.4 Å². The molecule has 7 N–H and O–H groups in total. The maximum absolute atomic E-state index is 11.7. The van der Waals surface area contributed by atoms with Gasteiger partial charge in [-0.2, -0.15) is 5.48 Å². The third kappa shape index (κ3) is 7.67. The SMILES string of the molecule is NCCCC[C@H](NC(=O)[C@H](CCC(=O)O)NO)C(=O)O. The van der Waals surface area contributed by atoms with E-state index in [4.69, 9.17) is 21.2 Å². The number of nitrogens with one attached hydrogen (secondary N) is 2. The molecule has 0 aliphatic carbocycles. The summed E-state index contributed by atoms with van der Waals surface area (Å²) >= 11 is 0. The van der Waals surface area contributed by atoms with Crippen LogP contribution in [0, 0.1) is 0 Å². The van der Waals surface area contributed by atoms with Gasteiger partial charge in [-0.15, -0.1) is 0 Å². The van der Waals surface area contributed by atoms with E-state index in [0.29, 0.717) is 19.4 Å². The van der Waals surface area contributed by atoms with Gasteiger partial charge < -0.3 is 26.5 Å². The van der Waals surface area contributed by atoms with Crippen LogP contribution in [0.5, 0.6) is 0 Å². The van der Waals surface area contributed by atoms with Crippen molar-refractivity contribution in [3.05, 3.63) is 0 Å². The largest absolute Gasteiger partial charge is 0.481 e. The lowest BCUT2D eigenvalue weighted by Crippen LogP contribution is -2.49. The standard InChI is InChI=1S/C11H21N3O6/c12-6-2-1-3-8(11(18)19)13-10(17)7(14-20)4-5-9(15)16/h7-8,14,20H,1-6,12H2,(H,13,17)(H,15,16)(H,18,19)/t7-,8-/m0/s1. The van der Waals surface area contributed by atoms with E-state index in [-0.39, 0.29) is 19.3 Å². The minimum absolute atomic E-state index is 0.146. The second-order valence-corrected chi connectivity index (χ2v) is 4.30. The molecule has 0 unspecified atom stereocenters. The molecule has 0 aliphatic rings. The van der Waals surface area contributed by atoms with Gasteiger partial charge in [0.2, 0.25) is 5.91 Å². The van der Waals surface area contributed by atoms with Gasteiger partial charge in [-0.1, -0.05) is 0 Å². The van der Waals surface area contributed by atoms with Crippen LogP contribution in [0.2, 0.25) is 0 Å². The van der Waals surface area contributed by atoms with Gasteiger partial charge in [-0.25, -0.2) is 4.79 Å². The molecule has 0 spiro atoms. The number of nitrogens with two attached hydrogens (primary N) is 1. The average Bonchev–Trinajstić information content (AvgIpc) is 2.37. The number of hydroxylamine groups is 1. The number of rotatable bonds is 11. The maximum atomic E-state index is 11.7. The maximum Gasteiger partial charge on any atom is 0.326 e. The molecule has 0 fully saturated rings. The van der Waals surface area contributed by atoms with E-state index >= 15 is 0 Å². The summed E-state index contributed by atoms with van der Waals surface area (Å²) in [6.07, 6.45) is 0.930. The van der Waals surface area contributed by atoms with Gasteiger partial charge in [0.05, 0.1) is 0 Å². The number of hydrogen-bond acceptors (Lipinski definition) is 6. The summed E-state index contributed by atoms with van der Waals surface area (Å²) in [6, 6.07) is -2.25. The molecule has 0 bridgehead atoms. The highest BCUT2D eigenvalue weighted by molar-refractivity contribution is 5.87. The van der Waals surface area contributed by atoms with E-state index in [0.717, 1.165) is 0 Å². The van der Waals surface area contributed by atoms with E-state index in [1.807, 2.05) is 0 Å². The Balaban J connectivity index is 4.39. The van der Waals surface area contributed by atoms with E-state index < -0.39 is 29.9 Å².